The van der Waals surface area contributed by atoms with E-state index in [-0.39, 0.29) is 11.8 Å². The molecule has 0 heterocycles. The SMILES string of the molecule is C[S@@](=O)c1cccc(NC(=O)[C@@H]2CC[C@H](C(=O)O)C2)c1. The van der Waals surface area contributed by atoms with E-state index >= 15 is 0 Å². The van der Waals surface area contributed by atoms with Crippen LogP contribution in [0.3, 0.4) is 0 Å². The molecule has 1 aromatic carbocycles. The van der Waals surface area contributed by atoms with Crippen molar-refractivity contribution in [2.75, 3.05) is 11.6 Å². The van der Waals surface area contributed by atoms with E-state index in [9.17, 15) is 13.8 Å². The van der Waals surface area contributed by atoms with Gasteiger partial charge in [0.1, 0.15) is 0 Å². The number of anilines is 1. The third kappa shape index (κ3) is 3.45. The van der Waals surface area contributed by atoms with Crippen LogP contribution in [0.4, 0.5) is 5.69 Å². The monoisotopic (exact) mass is 295 g/mol. The van der Waals surface area contributed by atoms with Crippen LogP contribution < -0.4 is 5.32 Å². The van der Waals surface area contributed by atoms with Crippen molar-refractivity contribution in [1.29, 1.82) is 0 Å². The van der Waals surface area contributed by atoms with Crippen molar-refractivity contribution in [2.45, 2.75) is 24.2 Å². The average Bonchev–Trinajstić information content (AvgIpc) is 2.88. The molecule has 0 aliphatic heterocycles. The molecule has 0 radical (unpaired) electrons. The molecule has 1 fully saturated rings. The average molecular weight is 295 g/mol. The van der Waals surface area contributed by atoms with Crippen molar-refractivity contribution in [1.82, 2.24) is 0 Å². The van der Waals surface area contributed by atoms with E-state index < -0.39 is 22.7 Å². The summed E-state index contributed by atoms with van der Waals surface area (Å²) >= 11 is 0. The molecular formula is C14H17NO4S. The largest absolute Gasteiger partial charge is 0.481 e. The molecule has 1 aliphatic rings. The molecule has 1 saturated carbocycles. The molecule has 2 N–H and O–H groups in total. The van der Waals surface area contributed by atoms with Crippen molar-refractivity contribution in [3.05, 3.63) is 24.3 Å². The van der Waals surface area contributed by atoms with Crippen LogP contribution in [0.5, 0.6) is 0 Å². The number of carbonyl (C=O) groups excluding carboxylic acids is 1. The number of aliphatic carboxylic acids is 1. The minimum Gasteiger partial charge on any atom is -0.481 e. The highest BCUT2D eigenvalue weighted by Crippen LogP contribution is 2.32. The molecule has 3 atom stereocenters. The fourth-order valence-electron chi connectivity index (χ4n) is 2.44. The highest BCUT2D eigenvalue weighted by molar-refractivity contribution is 7.84. The lowest BCUT2D eigenvalue weighted by Crippen LogP contribution is -2.21. The van der Waals surface area contributed by atoms with E-state index in [0.717, 1.165) is 0 Å². The van der Waals surface area contributed by atoms with Crippen molar-refractivity contribution >= 4 is 28.4 Å². The van der Waals surface area contributed by atoms with E-state index in [2.05, 4.69) is 5.32 Å². The Balaban J connectivity index is 2.00. The first-order chi connectivity index (χ1) is 9.47. The quantitative estimate of drug-likeness (QED) is 0.888. The van der Waals surface area contributed by atoms with Crippen molar-refractivity contribution in [3.8, 4) is 0 Å². The fraction of sp³-hybridized carbons (Fsp3) is 0.429. The molecule has 1 aliphatic carbocycles. The standard InChI is InChI=1S/C14H17NO4S/c1-20(19)12-4-2-3-11(8-12)15-13(16)9-5-6-10(7-9)14(17)18/h2-4,8-10H,5-7H2,1H3,(H,15,16)(H,17,18)/t9-,10+,20-/m1/s1. The van der Waals surface area contributed by atoms with Gasteiger partial charge in [-0.3, -0.25) is 13.8 Å². The van der Waals surface area contributed by atoms with Crippen LogP contribution in [-0.4, -0.2) is 27.4 Å². The lowest BCUT2D eigenvalue weighted by Gasteiger charge is -2.11. The van der Waals surface area contributed by atoms with Crippen LogP contribution in [0.1, 0.15) is 19.3 Å². The van der Waals surface area contributed by atoms with Crippen LogP contribution in [0.15, 0.2) is 29.2 Å². The van der Waals surface area contributed by atoms with Crippen LogP contribution in [0.2, 0.25) is 0 Å². The molecule has 1 amide bonds. The fourth-order valence-corrected chi connectivity index (χ4v) is 3.00. The number of carbonyl (C=O) groups is 2. The third-order valence-corrected chi connectivity index (χ3v) is 4.50. The molecule has 0 spiro atoms. The third-order valence-electron chi connectivity index (χ3n) is 3.59. The Kier molecular flexibility index (Phi) is 4.54. The van der Waals surface area contributed by atoms with Crippen LogP contribution >= 0.6 is 0 Å². The summed E-state index contributed by atoms with van der Waals surface area (Å²) in [6, 6.07) is 6.89. The Bertz CT molecular complexity index is 558. The predicted octanol–water partition coefficient (Wildman–Crippen LogP) is 1.86. The molecule has 108 valence electrons. The lowest BCUT2D eigenvalue weighted by molar-refractivity contribution is -0.141. The van der Waals surface area contributed by atoms with E-state index in [1.807, 2.05) is 0 Å². The maximum Gasteiger partial charge on any atom is 0.306 e. The second kappa shape index (κ2) is 6.17. The molecule has 0 unspecified atom stereocenters. The predicted molar refractivity (Wildman–Crippen MR) is 75.9 cm³/mol. The lowest BCUT2D eigenvalue weighted by atomic mass is 10.0. The maximum atomic E-state index is 12.1. The van der Waals surface area contributed by atoms with Gasteiger partial charge in [0.15, 0.2) is 0 Å². The molecule has 5 nitrogen and oxygen atoms in total. The summed E-state index contributed by atoms with van der Waals surface area (Å²) < 4.78 is 11.4. The van der Waals surface area contributed by atoms with Gasteiger partial charge in [-0.15, -0.1) is 0 Å². The second-order valence-electron chi connectivity index (χ2n) is 5.02. The molecule has 1 aromatic rings. The summed E-state index contributed by atoms with van der Waals surface area (Å²) in [5.41, 5.74) is 0.599. The summed E-state index contributed by atoms with van der Waals surface area (Å²) in [5.74, 6) is -1.66. The normalized spacial score (nSPS) is 23.2. The number of carboxylic acid groups (broad SMARTS) is 1. The van der Waals surface area contributed by atoms with Gasteiger partial charge < -0.3 is 10.4 Å². The number of benzene rings is 1. The number of carboxylic acids is 1. The minimum atomic E-state index is -1.10. The molecule has 0 aromatic heterocycles. The smallest absolute Gasteiger partial charge is 0.306 e. The van der Waals surface area contributed by atoms with E-state index in [1.54, 1.807) is 30.5 Å². The summed E-state index contributed by atoms with van der Waals surface area (Å²) in [6.07, 6.45) is 3.12. The zero-order valence-electron chi connectivity index (χ0n) is 11.2. The van der Waals surface area contributed by atoms with Gasteiger partial charge in [-0.25, -0.2) is 0 Å². The minimum absolute atomic E-state index is 0.159. The summed E-state index contributed by atoms with van der Waals surface area (Å²) in [4.78, 5) is 23.6. The van der Waals surface area contributed by atoms with Gasteiger partial charge in [0, 0.05) is 33.6 Å². The zero-order valence-corrected chi connectivity index (χ0v) is 12.0. The van der Waals surface area contributed by atoms with Gasteiger partial charge in [-0.2, -0.15) is 0 Å². The maximum absolute atomic E-state index is 12.1. The summed E-state index contributed by atoms with van der Waals surface area (Å²) in [6.45, 7) is 0. The van der Waals surface area contributed by atoms with E-state index in [1.165, 1.54) is 0 Å². The first kappa shape index (κ1) is 14.7. The van der Waals surface area contributed by atoms with Crippen molar-refractivity contribution in [2.24, 2.45) is 11.8 Å². The Labute approximate surface area is 119 Å². The Morgan fingerprint density at radius 1 is 1.30 bits per heavy atom. The highest BCUT2D eigenvalue weighted by Gasteiger charge is 2.33. The number of amides is 1. The van der Waals surface area contributed by atoms with Gasteiger partial charge >= 0.3 is 5.97 Å². The summed E-state index contributed by atoms with van der Waals surface area (Å²) in [7, 11) is -1.10. The molecule has 0 saturated heterocycles. The molecule has 0 bridgehead atoms. The Morgan fingerprint density at radius 3 is 2.60 bits per heavy atom. The van der Waals surface area contributed by atoms with Gasteiger partial charge in [-0.05, 0) is 37.5 Å². The van der Waals surface area contributed by atoms with Crippen LogP contribution in [-0.2, 0) is 20.4 Å². The van der Waals surface area contributed by atoms with Crippen molar-refractivity contribution in [3.63, 3.8) is 0 Å². The first-order valence-corrected chi connectivity index (χ1v) is 8.00. The number of nitrogens with one attached hydrogen (secondary N) is 1. The van der Waals surface area contributed by atoms with Gasteiger partial charge in [0.25, 0.3) is 0 Å². The van der Waals surface area contributed by atoms with E-state index in [4.69, 9.17) is 5.11 Å². The first-order valence-electron chi connectivity index (χ1n) is 6.44. The topological polar surface area (TPSA) is 83.5 Å². The van der Waals surface area contributed by atoms with Crippen LogP contribution in [0, 0.1) is 11.8 Å². The van der Waals surface area contributed by atoms with E-state index in [0.29, 0.717) is 29.8 Å². The van der Waals surface area contributed by atoms with Crippen molar-refractivity contribution < 1.29 is 18.9 Å². The Hall–Kier alpha value is -1.69. The summed E-state index contributed by atoms with van der Waals surface area (Å²) in [5, 5.41) is 11.7. The number of hydrogen-bond acceptors (Lipinski definition) is 3. The number of rotatable bonds is 4. The van der Waals surface area contributed by atoms with Gasteiger partial charge in [0.2, 0.25) is 5.91 Å². The molecule has 2 rings (SSSR count). The Morgan fingerprint density at radius 2 is 2.00 bits per heavy atom. The van der Waals surface area contributed by atoms with Gasteiger partial charge in [0.05, 0.1) is 5.92 Å². The second-order valence-corrected chi connectivity index (χ2v) is 6.40. The zero-order chi connectivity index (χ0) is 14.7. The molecule has 20 heavy (non-hydrogen) atoms. The highest BCUT2D eigenvalue weighted by atomic mass is 32.2. The van der Waals surface area contributed by atoms with Gasteiger partial charge in [-0.1, -0.05) is 6.07 Å². The number of hydrogen-bond donors (Lipinski definition) is 2. The molecule has 6 heteroatoms. The van der Waals surface area contributed by atoms with Crippen LogP contribution in [0.25, 0.3) is 0 Å². The molecular weight excluding hydrogens is 278 g/mol.